The third-order valence-corrected chi connectivity index (χ3v) is 4.49. The summed E-state index contributed by atoms with van der Waals surface area (Å²) in [6.07, 6.45) is 5.42. The van der Waals surface area contributed by atoms with E-state index < -0.39 is 0 Å². The minimum atomic E-state index is 0.0607. The molecule has 0 radical (unpaired) electrons. The van der Waals surface area contributed by atoms with Crippen molar-refractivity contribution in [2.45, 2.75) is 31.7 Å². The van der Waals surface area contributed by atoms with Gasteiger partial charge in [0, 0.05) is 18.7 Å². The second-order valence-corrected chi connectivity index (χ2v) is 5.96. The molecular weight excluding hydrogens is 302 g/mol. The van der Waals surface area contributed by atoms with E-state index >= 15 is 0 Å². The maximum absolute atomic E-state index is 12.1. The van der Waals surface area contributed by atoms with Gasteiger partial charge in [-0.15, -0.1) is 0 Å². The number of fused-ring (bicyclic) bond motifs is 1. The third-order valence-electron chi connectivity index (χ3n) is 3.88. The van der Waals surface area contributed by atoms with E-state index in [2.05, 4.69) is 40.2 Å². The third kappa shape index (κ3) is 2.52. The Morgan fingerprint density at radius 2 is 2.05 bits per heavy atom. The van der Waals surface area contributed by atoms with Crippen LogP contribution in [0.4, 0.5) is 0 Å². The molecule has 2 aromatic rings. The van der Waals surface area contributed by atoms with E-state index in [4.69, 9.17) is 0 Å². The van der Waals surface area contributed by atoms with Crippen molar-refractivity contribution in [3.8, 4) is 0 Å². The normalized spacial score (nSPS) is 18.1. The van der Waals surface area contributed by atoms with Crippen molar-refractivity contribution in [2.75, 3.05) is 0 Å². The van der Waals surface area contributed by atoms with Crippen LogP contribution in [0, 0.1) is 0 Å². The molecule has 1 aromatic heterocycles. The van der Waals surface area contributed by atoms with Gasteiger partial charge in [0.2, 0.25) is 0 Å². The lowest BCUT2D eigenvalue weighted by atomic mass is 9.83. The molecule has 0 saturated carbocycles. The molecule has 0 saturated heterocycles. The highest BCUT2D eigenvalue weighted by atomic mass is 79.9. The number of benzene rings is 1. The van der Waals surface area contributed by atoms with Gasteiger partial charge in [-0.3, -0.25) is 4.79 Å². The Kier molecular flexibility index (Phi) is 3.56. The first-order valence-electron chi connectivity index (χ1n) is 6.68. The average molecular weight is 318 g/mol. The fourth-order valence-corrected chi connectivity index (χ4v) is 3.31. The molecular formula is C16H16BrNO. The molecule has 3 heteroatoms. The van der Waals surface area contributed by atoms with Crippen molar-refractivity contribution in [3.05, 3.63) is 68.5 Å². The van der Waals surface area contributed by atoms with Crippen molar-refractivity contribution in [3.63, 3.8) is 0 Å². The summed E-state index contributed by atoms with van der Waals surface area (Å²) >= 11 is 3.31. The molecule has 19 heavy (non-hydrogen) atoms. The summed E-state index contributed by atoms with van der Waals surface area (Å²) in [7, 11) is 0. The zero-order valence-electron chi connectivity index (χ0n) is 10.7. The molecule has 0 bridgehead atoms. The van der Waals surface area contributed by atoms with Crippen molar-refractivity contribution >= 4 is 15.9 Å². The van der Waals surface area contributed by atoms with Crippen LogP contribution in [0.25, 0.3) is 0 Å². The number of pyridine rings is 1. The summed E-state index contributed by atoms with van der Waals surface area (Å²) in [5.74, 6) is 0.456. The summed E-state index contributed by atoms with van der Waals surface area (Å²) in [6, 6.07) is 12.3. The van der Waals surface area contributed by atoms with Crippen LogP contribution in [0.15, 0.2) is 51.9 Å². The smallest absolute Gasteiger partial charge is 0.264 e. The molecule has 1 aromatic carbocycles. The first kappa shape index (κ1) is 12.7. The van der Waals surface area contributed by atoms with Gasteiger partial charge in [0.05, 0.1) is 4.47 Å². The van der Waals surface area contributed by atoms with E-state index in [0.29, 0.717) is 10.4 Å². The van der Waals surface area contributed by atoms with Gasteiger partial charge in [0.25, 0.3) is 5.56 Å². The van der Waals surface area contributed by atoms with Gasteiger partial charge in [-0.25, -0.2) is 0 Å². The fourth-order valence-electron chi connectivity index (χ4n) is 2.93. The fraction of sp³-hybridized carbons (Fsp3) is 0.312. The minimum Gasteiger partial charge on any atom is -0.314 e. The van der Waals surface area contributed by atoms with Crippen LogP contribution >= 0.6 is 15.9 Å². The van der Waals surface area contributed by atoms with E-state index in [9.17, 15) is 4.79 Å². The molecule has 2 nitrogen and oxygen atoms in total. The van der Waals surface area contributed by atoms with Gasteiger partial charge in [-0.05, 0) is 58.5 Å². The van der Waals surface area contributed by atoms with E-state index in [0.717, 1.165) is 13.0 Å². The number of halogens is 1. The molecule has 1 aliphatic rings. The summed E-state index contributed by atoms with van der Waals surface area (Å²) < 4.78 is 2.45. The Bertz CT molecular complexity index is 647. The molecule has 98 valence electrons. The standard InChI is InChI=1S/C16H16BrNO/c17-15-9-4-10-18(16(15)19)11-13-7-3-6-12-5-1-2-8-14(12)13/h1-2,4-5,8-10,13H,3,6-7,11H2. The van der Waals surface area contributed by atoms with Crippen molar-refractivity contribution in [1.29, 1.82) is 0 Å². The molecule has 0 N–H and O–H groups in total. The highest BCUT2D eigenvalue weighted by Crippen LogP contribution is 2.32. The van der Waals surface area contributed by atoms with Gasteiger partial charge < -0.3 is 4.57 Å². The van der Waals surface area contributed by atoms with Crippen LogP contribution in [-0.4, -0.2) is 4.57 Å². The molecule has 0 spiro atoms. The van der Waals surface area contributed by atoms with Crippen molar-refractivity contribution < 1.29 is 0 Å². The molecule has 1 aliphatic carbocycles. The number of hydrogen-bond acceptors (Lipinski definition) is 1. The van der Waals surface area contributed by atoms with Crippen molar-refractivity contribution in [1.82, 2.24) is 4.57 Å². The Hall–Kier alpha value is -1.35. The van der Waals surface area contributed by atoms with Gasteiger partial charge in [-0.1, -0.05) is 24.3 Å². The Balaban J connectivity index is 1.93. The molecule has 1 atom stereocenters. The van der Waals surface area contributed by atoms with Crippen LogP contribution in [0.3, 0.4) is 0 Å². The lowest BCUT2D eigenvalue weighted by molar-refractivity contribution is 0.475. The van der Waals surface area contributed by atoms with Crippen LogP contribution in [-0.2, 0) is 13.0 Å². The Labute approximate surface area is 121 Å². The Morgan fingerprint density at radius 3 is 2.95 bits per heavy atom. The SMILES string of the molecule is O=c1c(Br)cccn1CC1CCCc2ccccc21. The lowest BCUT2D eigenvalue weighted by Gasteiger charge is -2.26. The number of hydrogen-bond donors (Lipinski definition) is 0. The molecule has 0 aliphatic heterocycles. The molecule has 0 fully saturated rings. The number of rotatable bonds is 2. The molecule has 0 amide bonds. The topological polar surface area (TPSA) is 22.0 Å². The maximum Gasteiger partial charge on any atom is 0.264 e. The minimum absolute atomic E-state index is 0.0607. The van der Waals surface area contributed by atoms with E-state index in [-0.39, 0.29) is 5.56 Å². The molecule has 3 rings (SSSR count). The monoisotopic (exact) mass is 317 g/mol. The number of aryl methyl sites for hydroxylation is 1. The molecule has 1 unspecified atom stereocenters. The number of nitrogens with zero attached hydrogens (tertiary/aromatic N) is 1. The summed E-state index contributed by atoms with van der Waals surface area (Å²) in [5, 5.41) is 0. The largest absolute Gasteiger partial charge is 0.314 e. The van der Waals surface area contributed by atoms with Crippen LogP contribution in [0.2, 0.25) is 0 Å². The van der Waals surface area contributed by atoms with Gasteiger partial charge in [0.1, 0.15) is 0 Å². The van der Waals surface area contributed by atoms with E-state index in [1.54, 1.807) is 6.07 Å². The predicted octanol–water partition coefficient (Wildman–Crippen LogP) is 3.73. The van der Waals surface area contributed by atoms with E-state index in [1.165, 1.54) is 24.0 Å². The Morgan fingerprint density at radius 1 is 1.21 bits per heavy atom. The summed E-state index contributed by atoms with van der Waals surface area (Å²) in [5.41, 5.74) is 2.92. The lowest BCUT2D eigenvalue weighted by Crippen LogP contribution is -2.24. The first-order valence-corrected chi connectivity index (χ1v) is 7.48. The summed E-state index contributed by atoms with van der Waals surface area (Å²) in [6.45, 7) is 0.773. The summed E-state index contributed by atoms with van der Waals surface area (Å²) in [4.78, 5) is 12.1. The highest BCUT2D eigenvalue weighted by Gasteiger charge is 2.20. The van der Waals surface area contributed by atoms with Crippen LogP contribution < -0.4 is 5.56 Å². The predicted molar refractivity (Wildman–Crippen MR) is 80.5 cm³/mol. The van der Waals surface area contributed by atoms with Crippen LogP contribution in [0.5, 0.6) is 0 Å². The van der Waals surface area contributed by atoms with Gasteiger partial charge >= 0.3 is 0 Å². The second kappa shape index (κ2) is 5.33. The van der Waals surface area contributed by atoms with Crippen molar-refractivity contribution in [2.24, 2.45) is 0 Å². The maximum atomic E-state index is 12.1. The first-order chi connectivity index (χ1) is 9.25. The quantitative estimate of drug-likeness (QED) is 0.827. The average Bonchev–Trinajstić information content (AvgIpc) is 2.44. The van der Waals surface area contributed by atoms with Gasteiger partial charge in [0.15, 0.2) is 0 Å². The van der Waals surface area contributed by atoms with Crippen LogP contribution in [0.1, 0.15) is 29.9 Å². The zero-order chi connectivity index (χ0) is 13.2. The molecule has 1 heterocycles. The van der Waals surface area contributed by atoms with E-state index in [1.807, 2.05) is 16.8 Å². The van der Waals surface area contributed by atoms with Gasteiger partial charge in [-0.2, -0.15) is 0 Å². The second-order valence-electron chi connectivity index (χ2n) is 5.10. The zero-order valence-corrected chi connectivity index (χ0v) is 12.3. The number of aromatic nitrogens is 1. The highest BCUT2D eigenvalue weighted by molar-refractivity contribution is 9.10.